The van der Waals surface area contributed by atoms with E-state index in [0.29, 0.717) is 11.2 Å². The number of hydrogen-bond acceptors (Lipinski definition) is 2. The zero-order valence-corrected chi connectivity index (χ0v) is 9.91. The zero-order valence-electron chi connectivity index (χ0n) is 9.10. The third-order valence-corrected chi connectivity index (χ3v) is 4.35. The van der Waals surface area contributed by atoms with Crippen LogP contribution >= 0.6 is 11.8 Å². The van der Waals surface area contributed by atoms with Crippen molar-refractivity contribution in [1.82, 2.24) is 0 Å². The van der Waals surface area contributed by atoms with Crippen molar-refractivity contribution in [3.05, 3.63) is 35.9 Å². The molecule has 15 heavy (non-hydrogen) atoms. The Bertz CT molecular complexity index is 299. The molecule has 82 valence electrons. The molecule has 1 aromatic rings. The molecule has 0 bridgehead atoms. The Morgan fingerprint density at radius 2 is 2.07 bits per heavy atom. The summed E-state index contributed by atoms with van der Waals surface area (Å²) in [5.41, 5.74) is 1.07. The van der Waals surface area contributed by atoms with Gasteiger partial charge in [0.25, 0.3) is 0 Å². The minimum atomic E-state index is -0.269. The Balaban J connectivity index is 2.04. The average Bonchev–Trinajstić information content (AvgIpc) is 2.29. The van der Waals surface area contributed by atoms with Crippen LogP contribution < -0.4 is 0 Å². The average molecular weight is 222 g/mol. The maximum atomic E-state index is 10.3. The molecule has 1 N–H and O–H groups in total. The van der Waals surface area contributed by atoms with Crippen LogP contribution in [0.5, 0.6) is 0 Å². The Labute approximate surface area is 95.9 Å². The predicted octanol–water partition coefficient (Wildman–Crippen LogP) is 3.25. The second-order valence-electron chi connectivity index (χ2n) is 4.32. The summed E-state index contributed by atoms with van der Waals surface area (Å²) in [6.07, 6.45) is 2.01. The van der Waals surface area contributed by atoms with Gasteiger partial charge in [0.05, 0.1) is 6.10 Å². The van der Waals surface area contributed by atoms with E-state index in [1.54, 1.807) is 0 Å². The van der Waals surface area contributed by atoms with Crippen molar-refractivity contribution in [2.75, 3.05) is 5.75 Å². The van der Waals surface area contributed by atoms with E-state index in [0.717, 1.165) is 18.4 Å². The summed E-state index contributed by atoms with van der Waals surface area (Å²) >= 11 is 2.02. The van der Waals surface area contributed by atoms with E-state index in [-0.39, 0.29) is 6.10 Å². The molecule has 1 aliphatic heterocycles. The Morgan fingerprint density at radius 3 is 2.73 bits per heavy atom. The Morgan fingerprint density at radius 1 is 1.33 bits per heavy atom. The van der Waals surface area contributed by atoms with Crippen LogP contribution in [0.3, 0.4) is 0 Å². The maximum absolute atomic E-state index is 10.3. The molecular formula is C13H18OS. The summed E-state index contributed by atoms with van der Waals surface area (Å²) in [6, 6.07) is 10.0. The van der Waals surface area contributed by atoms with Gasteiger partial charge >= 0.3 is 0 Å². The first kappa shape index (κ1) is 11.0. The van der Waals surface area contributed by atoms with Crippen LogP contribution in [-0.4, -0.2) is 16.1 Å². The third kappa shape index (κ3) is 2.76. The number of thioether (sulfide) groups is 1. The van der Waals surface area contributed by atoms with Crippen molar-refractivity contribution in [2.45, 2.75) is 31.1 Å². The molecule has 2 rings (SSSR count). The van der Waals surface area contributed by atoms with Gasteiger partial charge in [-0.25, -0.2) is 0 Å². The molecule has 1 saturated heterocycles. The second-order valence-corrected chi connectivity index (χ2v) is 5.87. The van der Waals surface area contributed by atoms with E-state index in [2.05, 4.69) is 6.92 Å². The van der Waals surface area contributed by atoms with Gasteiger partial charge in [0, 0.05) is 5.25 Å². The van der Waals surface area contributed by atoms with Crippen molar-refractivity contribution in [2.24, 2.45) is 5.92 Å². The molecule has 1 heterocycles. The standard InChI is InChI=1S/C13H18OS/c1-10-9-12(7-8-15-10)13(14)11-5-3-2-4-6-11/h2-6,10,12-14H,7-9H2,1H3. The van der Waals surface area contributed by atoms with Gasteiger partial charge in [0.2, 0.25) is 0 Å². The molecule has 0 spiro atoms. The van der Waals surface area contributed by atoms with Crippen LogP contribution in [0.4, 0.5) is 0 Å². The fraction of sp³-hybridized carbons (Fsp3) is 0.538. The molecule has 1 fully saturated rings. The van der Waals surface area contributed by atoms with Gasteiger partial charge in [-0.1, -0.05) is 37.3 Å². The predicted molar refractivity (Wildman–Crippen MR) is 66.0 cm³/mol. The largest absolute Gasteiger partial charge is 0.388 e. The van der Waals surface area contributed by atoms with Crippen molar-refractivity contribution in [3.8, 4) is 0 Å². The highest BCUT2D eigenvalue weighted by atomic mass is 32.2. The van der Waals surface area contributed by atoms with Crippen LogP contribution in [0.15, 0.2) is 30.3 Å². The van der Waals surface area contributed by atoms with Crippen LogP contribution in [0.25, 0.3) is 0 Å². The summed E-state index contributed by atoms with van der Waals surface area (Å²) in [4.78, 5) is 0. The molecule has 0 aliphatic carbocycles. The molecule has 0 aromatic heterocycles. The highest BCUT2D eigenvalue weighted by Crippen LogP contribution is 2.36. The first-order chi connectivity index (χ1) is 7.27. The third-order valence-electron chi connectivity index (χ3n) is 3.11. The van der Waals surface area contributed by atoms with Crippen molar-refractivity contribution in [3.63, 3.8) is 0 Å². The summed E-state index contributed by atoms with van der Waals surface area (Å²) in [5.74, 6) is 1.64. The maximum Gasteiger partial charge on any atom is 0.0818 e. The molecule has 1 aliphatic rings. The van der Waals surface area contributed by atoms with E-state index in [1.807, 2.05) is 42.1 Å². The van der Waals surface area contributed by atoms with Crippen LogP contribution in [0.1, 0.15) is 31.4 Å². The first-order valence-corrected chi connectivity index (χ1v) is 6.67. The lowest BCUT2D eigenvalue weighted by molar-refractivity contribution is 0.0994. The van der Waals surface area contributed by atoms with Gasteiger partial charge in [0.15, 0.2) is 0 Å². The lowest BCUT2D eigenvalue weighted by atomic mass is 9.89. The molecule has 0 saturated carbocycles. The van der Waals surface area contributed by atoms with E-state index >= 15 is 0 Å². The molecule has 0 amide bonds. The van der Waals surface area contributed by atoms with E-state index in [1.165, 1.54) is 5.75 Å². The summed E-state index contributed by atoms with van der Waals surface area (Å²) in [5, 5.41) is 11.0. The molecule has 3 unspecified atom stereocenters. The highest BCUT2D eigenvalue weighted by Gasteiger charge is 2.26. The van der Waals surface area contributed by atoms with Gasteiger partial charge in [-0.05, 0) is 30.1 Å². The summed E-state index contributed by atoms with van der Waals surface area (Å²) in [7, 11) is 0. The van der Waals surface area contributed by atoms with Gasteiger partial charge < -0.3 is 5.11 Å². The van der Waals surface area contributed by atoms with E-state index in [9.17, 15) is 5.11 Å². The van der Waals surface area contributed by atoms with Gasteiger partial charge in [-0.15, -0.1) is 0 Å². The molecular weight excluding hydrogens is 204 g/mol. The number of hydrogen-bond donors (Lipinski definition) is 1. The minimum Gasteiger partial charge on any atom is -0.388 e. The van der Waals surface area contributed by atoms with Gasteiger partial charge in [0.1, 0.15) is 0 Å². The van der Waals surface area contributed by atoms with Crippen LogP contribution in [0, 0.1) is 5.92 Å². The van der Waals surface area contributed by atoms with Crippen molar-refractivity contribution in [1.29, 1.82) is 0 Å². The number of rotatable bonds is 2. The summed E-state index contributed by atoms with van der Waals surface area (Å²) in [6.45, 7) is 2.26. The van der Waals surface area contributed by atoms with Gasteiger partial charge in [-0.2, -0.15) is 11.8 Å². The number of aliphatic hydroxyl groups is 1. The minimum absolute atomic E-state index is 0.269. The van der Waals surface area contributed by atoms with E-state index in [4.69, 9.17) is 0 Å². The molecule has 1 nitrogen and oxygen atoms in total. The smallest absolute Gasteiger partial charge is 0.0818 e. The Hall–Kier alpha value is -0.470. The molecule has 2 heteroatoms. The fourth-order valence-corrected chi connectivity index (χ4v) is 3.47. The normalized spacial score (nSPS) is 28.7. The van der Waals surface area contributed by atoms with E-state index < -0.39 is 0 Å². The number of benzene rings is 1. The monoisotopic (exact) mass is 222 g/mol. The molecule has 0 radical (unpaired) electrons. The molecule has 1 aromatic carbocycles. The Kier molecular flexibility index (Phi) is 3.71. The quantitative estimate of drug-likeness (QED) is 0.829. The van der Waals surface area contributed by atoms with Gasteiger partial charge in [-0.3, -0.25) is 0 Å². The lowest BCUT2D eigenvalue weighted by Crippen LogP contribution is -2.22. The molecule has 3 atom stereocenters. The van der Waals surface area contributed by atoms with Crippen molar-refractivity contribution >= 4 is 11.8 Å². The lowest BCUT2D eigenvalue weighted by Gasteiger charge is -2.30. The van der Waals surface area contributed by atoms with Crippen LogP contribution in [-0.2, 0) is 0 Å². The SMILES string of the molecule is CC1CC(C(O)c2ccccc2)CCS1. The topological polar surface area (TPSA) is 20.2 Å². The number of aliphatic hydroxyl groups excluding tert-OH is 1. The zero-order chi connectivity index (χ0) is 10.7. The van der Waals surface area contributed by atoms with Crippen molar-refractivity contribution < 1.29 is 5.11 Å². The highest BCUT2D eigenvalue weighted by molar-refractivity contribution is 7.99. The first-order valence-electron chi connectivity index (χ1n) is 5.62. The fourth-order valence-electron chi connectivity index (χ4n) is 2.24. The van der Waals surface area contributed by atoms with Crippen LogP contribution in [0.2, 0.25) is 0 Å². The summed E-state index contributed by atoms with van der Waals surface area (Å²) < 4.78 is 0. The second kappa shape index (κ2) is 5.04.